The summed E-state index contributed by atoms with van der Waals surface area (Å²) in [6.45, 7) is 3.73. The minimum absolute atomic E-state index is 0.0204. The lowest BCUT2D eigenvalue weighted by atomic mass is 10.1. The Bertz CT molecular complexity index is 498. The van der Waals surface area contributed by atoms with Gasteiger partial charge in [0.05, 0.1) is 19.8 Å². The summed E-state index contributed by atoms with van der Waals surface area (Å²) < 4.78 is 10.5. The third-order valence-corrected chi connectivity index (χ3v) is 3.57. The molecule has 114 valence electrons. The van der Waals surface area contributed by atoms with Crippen LogP contribution in [-0.2, 0) is 9.53 Å². The van der Waals surface area contributed by atoms with Crippen molar-refractivity contribution in [1.82, 2.24) is 4.90 Å². The Morgan fingerprint density at radius 2 is 2.00 bits per heavy atom. The molecule has 1 saturated heterocycles. The van der Waals surface area contributed by atoms with Crippen LogP contribution in [0.1, 0.15) is 30.1 Å². The molecular formula is C16H21NO4. The van der Waals surface area contributed by atoms with Crippen molar-refractivity contribution in [3.05, 3.63) is 29.8 Å². The standard InChI is InChI=1S/C16H21NO4/c1-12-11-17(9-10-21-12)16(19)8-7-15(18)13-3-5-14(20-2)6-4-13/h3-6,12H,7-11H2,1-2H3. The van der Waals surface area contributed by atoms with Gasteiger partial charge in [-0.3, -0.25) is 9.59 Å². The maximum atomic E-state index is 12.1. The number of amides is 1. The number of ether oxygens (including phenoxy) is 2. The van der Waals surface area contributed by atoms with Crippen LogP contribution in [0.25, 0.3) is 0 Å². The Morgan fingerprint density at radius 1 is 1.29 bits per heavy atom. The second kappa shape index (κ2) is 7.22. The average Bonchev–Trinajstić information content (AvgIpc) is 2.52. The summed E-state index contributed by atoms with van der Waals surface area (Å²) in [5, 5.41) is 0. The fourth-order valence-corrected chi connectivity index (χ4v) is 2.34. The summed E-state index contributed by atoms with van der Waals surface area (Å²) in [5.74, 6) is 0.712. The molecule has 0 radical (unpaired) electrons. The van der Waals surface area contributed by atoms with E-state index in [4.69, 9.17) is 9.47 Å². The summed E-state index contributed by atoms with van der Waals surface area (Å²) in [7, 11) is 1.58. The normalized spacial score (nSPS) is 18.4. The highest BCUT2D eigenvalue weighted by atomic mass is 16.5. The minimum atomic E-state index is -0.0210. The second-order valence-corrected chi connectivity index (χ2v) is 5.17. The van der Waals surface area contributed by atoms with E-state index in [2.05, 4.69) is 0 Å². The average molecular weight is 291 g/mol. The van der Waals surface area contributed by atoms with Crippen LogP contribution in [0.4, 0.5) is 0 Å². The number of Topliss-reactive ketones (excluding diaryl/α,β-unsaturated/α-hetero) is 1. The molecule has 1 fully saturated rings. The molecule has 1 heterocycles. The lowest BCUT2D eigenvalue weighted by Gasteiger charge is -2.31. The molecule has 1 aliphatic heterocycles. The van der Waals surface area contributed by atoms with Crippen LogP contribution in [-0.4, -0.2) is 49.5 Å². The van der Waals surface area contributed by atoms with Gasteiger partial charge in [0.1, 0.15) is 5.75 Å². The van der Waals surface area contributed by atoms with Gasteiger partial charge in [-0.25, -0.2) is 0 Å². The molecule has 0 aliphatic carbocycles. The predicted octanol–water partition coefficient (Wildman–Crippen LogP) is 1.91. The number of hydrogen-bond donors (Lipinski definition) is 0. The van der Waals surface area contributed by atoms with E-state index >= 15 is 0 Å². The lowest BCUT2D eigenvalue weighted by Crippen LogP contribution is -2.44. The van der Waals surface area contributed by atoms with E-state index in [1.54, 1.807) is 36.3 Å². The number of hydrogen-bond acceptors (Lipinski definition) is 4. The minimum Gasteiger partial charge on any atom is -0.497 e. The third kappa shape index (κ3) is 4.29. The number of morpholine rings is 1. The first-order chi connectivity index (χ1) is 10.1. The van der Waals surface area contributed by atoms with E-state index in [0.717, 1.165) is 0 Å². The van der Waals surface area contributed by atoms with E-state index < -0.39 is 0 Å². The molecular weight excluding hydrogens is 270 g/mol. The predicted molar refractivity (Wildman–Crippen MR) is 78.6 cm³/mol. The maximum Gasteiger partial charge on any atom is 0.223 e. The topological polar surface area (TPSA) is 55.8 Å². The fourth-order valence-electron chi connectivity index (χ4n) is 2.34. The van der Waals surface area contributed by atoms with E-state index in [1.807, 2.05) is 6.92 Å². The van der Waals surface area contributed by atoms with Gasteiger partial charge in [0.15, 0.2) is 5.78 Å². The zero-order chi connectivity index (χ0) is 15.2. The first-order valence-electron chi connectivity index (χ1n) is 7.17. The highest BCUT2D eigenvalue weighted by Gasteiger charge is 2.21. The van der Waals surface area contributed by atoms with Gasteiger partial charge in [0.2, 0.25) is 5.91 Å². The van der Waals surface area contributed by atoms with Gasteiger partial charge in [0, 0.05) is 31.5 Å². The van der Waals surface area contributed by atoms with Gasteiger partial charge in [-0.1, -0.05) is 0 Å². The van der Waals surface area contributed by atoms with Gasteiger partial charge in [-0.05, 0) is 31.2 Å². The van der Waals surface area contributed by atoms with Gasteiger partial charge in [0.25, 0.3) is 0 Å². The second-order valence-electron chi connectivity index (χ2n) is 5.17. The van der Waals surface area contributed by atoms with Crippen molar-refractivity contribution in [2.45, 2.75) is 25.9 Å². The molecule has 1 atom stereocenters. The number of benzene rings is 1. The van der Waals surface area contributed by atoms with Crippen LogP contribution in [0.3, 0.4) is 0 Å². The van der Waals surface area contributed by atoms with E-state index in [9.17, 15) is 9.59 Å². The SMILES string of the molecule is COc1ccc(C(=O)CCC(=O)N2CCOC(C)C2)cc1. The zero-order valence-corrected chi connectivity index (χ0v) is 12.5. The molecule has 0 N–H and O–H groups in total. The Hall–Kier alpha value is -1.88. The number of carbonyl (C=O) groups is 2. The van der Waals surface area contributed by atoms with Crippen molar-refractivity contribution in [2.24, 2.45) is 0 Å². The van der Waals surface area contributed by atoms with Gasteiger partial charge >= 0.3 is 0 Å². The number of rotatable bonds is 5. The quantitative estimate of drug-likeness (QED) is 0.778. The highest BCUT2D eigenvalue weighted by molar-refractivity contribution is 5.98. The Kier molecular flexibility index (Phi) is 5.33. The molecule has 0 aromatic heterocycles. The molecule has 1 aromatic carbocycles. The molecule has 1 unspecified atom stereocenters. The summed E-state index contributed by atoms with van der Waals surface area (Å²) in [6.07, 6.45) is 0.550. The number of carbonyl (C=O) groups excluding carboxylic acids is 2. The number of methoxy groups -OCH3 is 1. The molecule has 0 saturated carbocycles. The van der Waals surface area contributed by atoms with Crippen molar-refractivity contribution in [3.8, 4) is 5.75 Å². The van der Waals surface area contributed by atoms with Crippen molar-refractivity contribution in [3.63, 3.8) is 0 Å². The van der Waals surface area contributed by atoms with Gasteiger partial charge in [-0.15, -0.1) is 0 Å². The van der Waals surface area contributed by atoms with Crippen LogP contribution in [0.15, 0.2) is 24.3 Å². The van der Waals surface area contributed by atoms with Crippen LogP contribution >= 0.6 is 0 Å². The van der Waals surface area contributed by atoms with Gasteiger partial charge < -0.3 is 14.4 Å². The van der Waals surface area contributed by atoms with Gasteiger partial charge in [-0.2, -0.15) is 0 Å². The summed E-state index contributed by atoms with van der Waals surface area (Å²) in [6, 6.07) is 6.95. The van der Waals surface area contributed by atoms with Crippen LogP contribution < -0.4 is 4.74 Å². The number of nitrogens with zero attached hydrogens (tertiary/aromatic N) is 1. The smallest absolute Gasteiger partial charge is 0.223 e. The summed E-state index contributed by atoms with van der Waals surface area (Å²) >= 11 is 0. The maximum absolute atomic E-state index is 12.1. The molecule has 0 bridgehead atoms. The van der Waals surface area contributed by atoms with Crippen LogP contribution in [0.2, 0.25) is 0 Å². The molecule has 21 heavy (non-hydrogen) atoms. The first kappa shape index (κ1) is 15.5. The molecule has 1 aliphatic rings. The molecule has 2 rings (SSSR count). The zero-order valence-electron chi connectivity index (χ0n) is 12.5. The highest BCUT2D eigenvalue weighted by Crippen LogP contribution is 2.14. The van der Waals surface area contributed by atoms with E-state index in [1.165, 1.54) is 0 Å². The molecule has 5 heteroatoms. The molecule has 0 spiro atoms. The summed E-state index contributed by atoms with van der Waals surface area (Å²) in [5.41, 5.74) is 0.610. The van der Waals surface area contributed by atoms with Crippen molar-refractivity contribution < 1.29 is 19.1 Å². The first-order valence-corrected chi connectivity index (χ1v) is 7.17. The van der Waals surface area contributed by atoms with Crippen LogP contribution in [0, 0.1) is 0 Å². The van der Waals surface area contributed by atoms with E-state index in [-0.39, 0.29) is 30.6 Å². The molecule has 1 amide bonds. The van der Waals surface area contributed by atoms with Crippen molar-refractivity contribution >= 4 is 11.7 Å². The lowest BCUT2D eigenvalue weighted by molar-refractivity contribution is -0.138. The Labute approximate surface area is 124 Å². The largest absolute Gasteiger partial charge is 0.497 e. The van der Waals surface area contributed by atoms with E-state index in [0.29, 0.717) is 31.0 Å². The van der Waals surface area contributed by atoms with Crippen molar-refractivity contribution in [2.75, 3.05) is 26.8 Å². The molecule has 5 nitrogen and oxygen atoms in total. The van der Waals surface area contributed by atoms with Crippen molar-refractivity contribution in [1.29, 1.82) is 0 Å². The number of ketones is 1. The monoisotopic (exact) mass is 291 g/mol. The Morgan fingerprint density at radius 3 is 2.62 bits per heavy atom. The fraction of sp³-hybridized carbons (Fsp3) is 0.500. The third-order valence-electron chi connectivity index (χ3n) is 3.57. The van der Waals surface area contributed by atoms with Crippen LogP contribution in [0.5, 0.6) is 5.75 Å². The summed E-state index contributed by atoms with van der Waals surface area (Å²) in [4.78, 5) is 25.9. The molecule has 1 aromatic rings. The Balaban J connectivity index is 1.83.